The Morgan fingerprint density at radius 1 is 0.929 bits per heavy atom. The lowest BCUT2D eigenvalue weighted by Gasteiger charge is -2.11. The molecule has 2 heterocycles. The van der Waals surface area contributed by atoms with Crippen LogP contribution in [0, 0.1) is 27.7 Å². The van der Waals surface area contributed by atoms with Crippen LogP contribution in [0.2, 0.25) is 0 Å². The van der Waals surface area contributed by atoms with Crippen LogP contribution in [-0.4, -0.2) is 10.8 Å². The zero-order chi connectivity index (χ0) is 20.0. The number of fused-ring (bicyclic) bond motifs is 3. The zero-order valence-corrected chi connectivity index (χ0v) is 18.1. The molecule has 0 spiro atoms. The van der Waals surface area contributed by atoms with Crippen LogP contribution in [0.5, 0.6) is 0 Å². The summed E-state index contributed by atoms with van der Waals surface area (Å²) in [5.41, 5.74) is 7.48. The lowest BCUT2D eigenvalue weighted by molar-refractivity contribution is -0.656. The molecule has 2 aromatic carbocycles. The average molecular weight is 434 g/mol. The maximum absolute atomic E-state index is 13.0. The summed E-state index contributed by atoms with van der Waals surface area (Å²) in [4.78, 5) is 17.7. The molecule has 0 unspecified atom stereocenters. The van der Waals surface area contributed by atoms with Crippen molar-refractivity contribution in [1.82, 2.24) is 4.98 Å². The quantitative estimate of drug-likeness (QED) is 0.241. The Balaban J connectivity index is 1.95. The van der Waals surface area contributed by atoms with Gasteiger partial charge in [-0.1, -0.05) is 34.1 Å². The van der Waals surface area contributed by atoms with Gasteiger partial charge in [0.25, 0.3) is 0 Å². The number of aryl methyl sites for hydroxylation is 4. The third-order valence-electron chi connectivity index (χ3n) is 5.65. The smallest absolute Gasteiger partial charge is 0.239 e. The van der Waals surface area contributed by atoms with E-state index in [0.29, 0.717) is 5.56 Å². The summed E-state index contributed by atoms with van der Waals surface area (Å²) >= 11 is 3.43. The van der Waals surface area contributed by atoms with Crippen LogP contribution in [0.15, 0.2) is 53.3 Å². The minimum Gasteiger partial charge on any atom is -0.287 e. The fraction of sp³-hybridized carbons (Fsp3) is 0.208. The lowest BCUT2D eigenvalue weighted by Crippen LogP contribution is -2.39. The highest BCUT2D eigenvalue weighted by molar-refractivity contribution is 9.10. The number of hydrogen-bond acceptors (Lipinski definition) is 2. The first-order chi connectivity index (χ1) is 13.4. The molecular weight excluding hydrogens is 412 g/mol. The highest BCUT2D eigenvalue weighted by Gasteiger charge is 2.22. The van der Waals surface area contributed by atoms with Gasteiger partial charge in [-0.2, -0.15) is 4.57 Å². The Hall–Kier alpha value is -2.59. The van der Waals surface area contributed by atoms with Crippen LogP contribution >= 0.6 is 15.9 Å². The number of pyridine rings is 2. The number of carbonyl (C=O) groups is 1. The molecule has 3 nitrogen and oxygen atoms in total. The first-order valence-electron chi connectivity index (χ1n) is 9.34. The van der Waals surface area contributed by atoms with Gasteiger partial charge in [0.2, 0.25) is 17.8 Å². The van der Waals surface area contributed by atoms with Crippen LogP contribution in [0.3, 0.4) is 0 Å². The zero-order valence-electron chi connectivity index (χ0n) is 16.5. The molecule has 0 atom stereocenters. The Morgan fingerprint density at radius 2 is 1.57 bits per heavy atom. The van der Waals surface area contributed by atoms with E-state index in [1.165, 1.54) is 22.3 Å². The number of benzene rings is 2. The van der Waals surface area contributed by atoms with Gasteiger partial charge >= 0.3 is 0 Å². The van der Waals surface area contributed by atoms with Crippen LogP contribution in [0.4, 0.5) is 0 Å². The minimum absolute atomic E-state index is 0.0860. The Bertz CT molecular complexity index is 1240. The van der Waals surface area contributed by atoms with E-state index in [1.54, 1.807) is 0 Å². The van der Waals surface area contributed by atoms with E-state index in [-0.39, 0.29) is 12.3 Å². The number of nitrogens with zero attached hydrogens (tertiary/aromatic N) is 2. The first kappa shape index (κ1) is 18.8. The van der Waals surface area contributed by atoms with Gasteiger partial charge in [0, 0.05) is 27.2 Å². The number of Topliss-reactive ketones (excluding diaryl/α,β-unsaturated/α-hetero) is 1. The summed E-state index contributed by atoms with van der Waals surface area (Å²) in [5, 5.41) is 2.28. The van der Waals surface area contributed by atoms with Crippen molar-refractivity contribution < 1.29 is 9.36 Å². The van der Waals surface area contributed by atoms with Crippen molar-refractivity contribution in [3.05, 3.63) is 81.1 Å². The van der Waals surface area contributed by atoms with Crippen molar-refractivity contribution in [2.45, 2.75) is 34.2 Å². The fourth-order valence-electron chi connectivity index (χ4n) is 3.69. The third kappa shape index (κ3) is 3.12. The van der Waals surface area contributed by atoms with Gasteiger partial charge in [0.1, 0.15) is 5.52 Å². The van der Waals surface area contributed by atoms with Gasteiger partial charge < -0.3 is 0 Å². The van der Waals surface area contributed by atoms with Crippen molar-refractivity contribution in [3.63, 3.8) is 0 Å². The summed E-state index contributed by atoms with van der Waals surface area (Å²) in [6, 6.07) is 11.8. The number of ketones is 1. The molecule has 28 heavy (non-hydrogen) atoms. The van der Waals surface area contributed by atoms with Gasteiger partial charge in [0.15, 0.2) is 6.20 Å². The van der Waals surface area contributed by atoms with E-state index < -0.39 is 0 Å². The second-order valence-electron chi connectivity index (χ2n) is 7.42. The van der Waals surface area contributed by atoms with Crippen molar-refractivity contribution in [2.75, 3.05) is 0 Å². The molecule has 2 aromatic heterocycles. The highest BCUT2D eigenvalue weighted by Crippen LogP contribution is 2.28. The predicted molar refractivity (Wildman–Crippen MR) is 117 cm³/mol. The largest absolute Gasteiger partial charge is 0.287 e. The SMILES string of the molecule is Cc1cnc2c(ccc3c(C)c(C)c[n+](CC(=O)c4ccc(Br)cc4)c32)c1C. The summed E-state index contributed by atoms with van der Waals surface area (Å²) in [6.07, 6.45) is 4.00. The second-order valence-corrected chi connectivity index (χ2v) is 8.33. The van der Waals surface area contributed by atoms with Crippen LogP contribution in [0.25, 0.3) is 21.8 Å². The van der Waals surface area contributed by atoms with Gasteiger partial charge in [-0.05, 0) is 62.6 Å². The van der Waals surface area contributed by atoms with Crippen molar-refractivity contribution in [1.29, 1.82) is 0 Å². The summed E-state index contributed by atoms with van der Waals surface area (Å²) < 4.78 is 3.03. The first-order valence-corrected chi connectivity index (χ1v) is 10.1. The average Bonchev–Trinajstić information content (AvgIpc) is 2.68. The van der Waals surface area contributed by atoms with Gasteiger partial charge in [-0.15, -0.1) is 0 Å². The molecule has 0 aliphatic rings. The van der Waals surface area contributed by atoms with Crippen LogP contribution < -0.4 is 4.57 Å². The molecule has 0 radical (unpaired) electrons. The molecule has 0 bridgehead atoms. The van der Waals surface area contributed by atoms with E-state index >= 15 is 0 Å². The molecule has 0 amide bonds. The number of carbonyl (C=O) groups excluding carboxylic acids is 1. The Labute approximate surface area is 173 Å². The van der Waals surface area contributed by atoms with E-state index in [0.717, 1.165) is 26.3 Å². The van der Waals surface area contributed by atoms with Crippen molar-refractivity contribution >= 4 is 43.5 Å². The minimum atomic E-state index is 0.0860. The normalized spacial score (nSPS) is 11.3. The summed E-state index contributed by atoms with van der Waals surface area (Å²) in [7, 11) is 0. The number of halogens is 1. The molecule has 0 N–H and O–H groups in total. The van der Waals surface area contributed by atoms with Gasteiger partial charge in [-0.3, -0.25) is 4.79 Å². The molecule has 0 aliphatic carbocycles. The predicted octanol–water partition coefficient (Wildman–Crippen LogP) is 5.55. The molecule has 4 rings (SSSR count). The van der Waals surface area contributed by atoms with Gasteiger partial charge in [0.05, 0.1) is 5.39 Å². The number of rotatable bonds is 3. The molecule has 0 saturated carbocycles. The summed E-state index contributed by atoms with van der Waals surface area (Å²) in [6.45, 7) is 8.72. The molecule has 0 aliphatic heterocycles. The van der Waals surface area contributed by atoms with Crippen LogP contribution in [0.1, 0.15) is 32.6 Å². The second kappa shape index (κ2) is 7.10. The molecule has 4 heteroatoms. The van der Waals surface area contributed by atoms with Crippen molar-refractivity contribution in [2.24, 2.45) is 0 Å². The fourth-order valence-corrected chi connectivity index (χ4v) is 3.96. The van der Waals surface area contributed by atoms with E-state index in [1.807, 2.05) is 30.5 Å². The molecule has 140 valence electrons. The highest BCUT2D eigenvalue weighted by atomic mass is 79.9. The van der Waals surface area contributed by atoms with E-state index in [9.17, 15) is 4.79 Å². The van der Waals surface area contributed by atoms with E-state index in [2.05, 4.69) is 66.5 Å². The Morgan fingerprint density at radius 3 is 2.29 bits per heavy atom. The molecule has 4 aromatic rings. The maximum atomic E-state index is 13.0. The molecular formula is C24H22BrN2O+. The molecule has 0 saturated heterocycles. The lowest BCUT2D eigenvalue weighted by atomic mass is 9.99. The maximum Gasteiger partial charge on any atom is 0.239 e. The van der Waals surface area contributed by atoms with Gasteiger partial charge in [-0.25, -0.2) is 4.98 Å². The number of hydrogen-bond donors (Lipinski definition) is 0. The van der Waals surface area contributed by atoms with Crippen LogP contribution in [-0.2, 0) is 6.54 Å². The monoisotopic (exact) mass is 433 g/mol. The Kier molecular flexibility index (Phi) is 4.76. The summed E-state index contributed by atoms with van der Waals surface area (Å²) in [5.74, 6) is 0.0860. The van der Waals surface area contributed by atoms with Crippen molar-refractivity contribution in [3.8, 4) is 0 Å². The topological polar surface area (TPSA) is 33.8 Å². The number of aromatic nitrogens is 2. The standard InChI is InChI=1S/C24H22BrN2O/c1-14-11-26-23-20(16(14)3)9-10-21-17(4)15(2)12-27(24(21)23)13-22(28)18-5-7-19(25)8-6-18/h5-12H,13H2,1-4H3/q+1. The molecule has 0 fully saturated rings. The third-order valence-corrected chi connectivity index (χ3v) is 6.18. The van der Waals surface area contributed by atoms with E-state index in [4.69, 9.17) is 4.98 Å².